The van der Waals surface area contributed by atoms with Crippen LogP contribution >= 0.6 is 23.4 Å². The molecule has 0 aliphatic heterocycles. The van der Waals surface area contributed by atoms with Crippen molar-refractivity contribution >= 4 is 33.4 Å². The number of sulfonamides is 1. The molecule has 2 aromatic rings. The second-order valence-corrected chi connectivity index (χ2v) is 7.51. The molecule has 120 valence electrons. The van der Waals surface area contributed by atoms with Gasteiger partial charge < -0.3 is 4.57 Å². The first-order chi connectivity index (χ1) is 10.4. The van der Waals surface area contributed by atoms with Crippen LogP contribution in [0.2, 0.25) is 5.02 Å². The fourth-order valence-corrected chi connectivity index (χ4v) is 3.93. The summed E-state index contributed by atoms with van der Waals surface area (Å²) in [5.41, 5.74) is 0. The lowest BCUT2D eigenvalue weighted by atomic mass is 10.3. The number of nitrogens with zero attached hydrogens (tertiary/aromatic N) is 3. The molecule has 0 fully saturated rings. The van der Waals surface area contributed by atoms with Crippen molar-refractivity contribution in [3.8, 4) is 0 Å². The molecule has 0 aliphatic carbocycles. The molecule has 0 bridgehead atoms. The van der Waals surface area contributed by atoms with Crippen LogP contribution in [0.1, 0.15) is 25.7 Å². The zero-order valence-corrected chi connectivity index (χ0v) is 14.8. The molecule has 9 heteroatoms. The number of hydrogen-bond donors (Lipinski definition) is 1. The maximum absolute atomic E-state index is 12.4. The van der Waals surface area contributed by atoms with E-state index in [1.54, 1.807) is 19.1 Å². The minimum atomic E-state index is -3.64. The predicted octanol–water partition coefficient (Wildman–Crippen LogP) is 2.71. The summed E-state index contributed by atoms with van der Waals surface area (Å²) >= 11 is 7.25. The van der Waals surface area contributed by atoms with Gasteiger partial charge in [0.15, 0.2) is 11.0 Å². The number of aromatic nitrogens is 3. The van der Waals surface area contributed by atoms with E-state index in [1.165, 1.54) is 23.9 Å². The fraction of sp³-hybridized carbons (Fsp3) is 0.385. The summed E-state index contributed by atoms with van der Waals surface area (Å²) in [5.74, 6) is 0.587. The molecule has 0 unspecified atom stereocenters. The topological polar surface area (TPSA) is 76.9 Å². The Bertz CT molecular complexity index is 744. The summed E-state index contributed by atoms with van der Waals surface area (Å²) in [6, 6.07) is 5.53. The molecule has 6 nitrogen and oxygen atoms in total. The molecule has 22 heavy (non-hydrogen) atoms. The van der Waals surface area contributed by atoms with Crippen molar-refractivity contribution in [1.29, 1.82) is 0 Å². The van der Waals surface area contributed by atoms with Gasteiger partial charge in [-0.05, 0) is 44.4 Å². The Kier molecular flexibility index (Phi) is 5.49. The van der Waals surface area contributed by atoms with E-state index in [9.17, 15) is 8.42 Å². The van der Waals surface area contributed by atoms with Crippen molar-refractivity contribution in [3.05, 3.63) is 35.1 Å². The van der Waals surface area contributed by atoms with E-state index in [4.69, 9.17) is 11.6 Å². The molecule has 0 saturated carbocycles. The van der Waals surface area contributed by atoms with Gasteiger partial charge in [0.2, 0.25) is 10.0 Å². The maximum Gasteiger partial charge on any atom is 0.241 e. The van der Waals surface area contributed by atoms with Crippen molar-refractivity contribution < 1.29 is 8.42 Å². The standard InChI is InChI=1S/C13H17ClN4O2S2/c1-4-18-12(15-16-13(18)21-3)9(2)17-22(19,20)11-7-5-10(14)6-8-11/h5-9,17H,4H2,1-3H3/t9-/m0/s1. The zero-order chi connectivity index (χ0) is 16.3. The van der Waals surface area contributed by atoms with E-state index in [0.29, 0.717) is 17.4 Å². The lowest BCUT2D eigenvalue weighted by Crippen LogP contribution is -2.29. The molecule has 0 amide bonds. The van der Waals surface area contributed by atoms with E-state index in [1.807, 2.05) is 17.7 Å². The van der Waals surface area contributed by atoms with E-state index in [2.05, 4.69) is 14.9 Å². The number of nitrogens with one attached hydrogen (secondary N) is 1. The van der Waals surface area contributed by atoms with Crippen molar-refractivity contribution in [2.24, 2.45) is 0 Å². The highest BCUT2D eigenvalue weighted by Gasteiger charge is 2.23. The SMILES string of the molecule is CCn1c(SC)nnc1[C@H](C)NS(=O)(=O)c1ccc(Cl)cc1. The van der Waals surface area contributed by atoms with Gasteiger partial charge >= 0.3 is 0 Å². The predicted molar refractivity (Wildman–Crippen MR) is 87.7 cm³/mol. The number of benzene rings is 1. The molecule has 0 saturated heterocycles. The van der Waals surface area contributed by atoms with E-state index in [-0.39, 0.29) is 4.90 Å². The van der Waals surface area contributed by atoms with Crippen LogP contribution in [0.5, 0.6) is 0 Å². The third-order valence-electron chi connectivity index (χ3n) is 3.09. The molecular formula is C13H17ClN4O2S2. The third kappa shape index (κ3) is 3.62. The molecule has 1 N–H and O–H groups in total. The minimum absolute atomic E-state index is 0.163. The largest absolute Gasteiger partial charge is 0.305 e. The van der Waals surface area contributed by atoms with Gasteiger partial charge in [-0.3, -0.25) is 0 Å². The van der Waals surface area contributed by atoms with Gasteiger partial charge in [-0.1, -0.05) is 23.4 Å². The van der Waals surface area contributed by atoms with Crippen LogP contribution in [0.25, 0.3) is 0 Å². The highest BCUT2D eigenvalue weighted by molar-refractivity contribution is 7.98. The second kappa shape index (κ2) is 6.99. The summed E-state index contributed by atoms with van der Waals surface area (Å²) in [7, 11) is -3.64. The lowest BCUT2D eigenvalue weighted by Gasteiger charge is -2.15. The molecule has 0 aliphatic rings. The molecular weight excluding hydrogens is 344 g/mol. The van der Waals surface area contributed by atoms with Crippen LogP contribution in [0.4, 0.5) is 0 Å². The number of rotatable bonds is 6. The average Bonchev–Trinajstić information content (AvgIpc) is 2.90. The number of hydrogen-bond acceptors (Lipinski definition) is 5. The normalized spacial score (nSPS) is 13.3. The Morgan fingerprint density at radius 2 is 1.95 bits per heavy atom. The minimum Gasteiger partial charge on any atom is -0.305 e. The Labute approximate surface area is 139 Å². The Morgan fingerprint density at radius 3 is 2.50 bits per heavy atom. The summed E-state index contributed by atoms with van der Waals surface area (Å²) in [6.45, 7) is 4.38. The van der Waals surface area contributed by atoms with Crippen molar-refractivity contribution in [2.75, 3.05) is 6.26 Å². The van der Waals surface area contributed by atoms with Gasteiger partial charge in [0.05, 0.1) is 10.9 Å². The zero-order valence-electron chi connectivity index (χ0n) is 12.4. The summed E-state index contributed by atoms with van der Waals surface area (Å²) in [5, 5.41) is 9.41. The average molecular weight is 361 g/mol. The quantitative estimate of drug-likeness (QED) is 0.801. The Hall–Kier alpha value is -1.09. The summed E-state index contributed by atoms with van der Waals surface area (Å²) in [4.78, 5) is 0.163. The molecule has 1 aromatic heterocycles. The van der Waals surface area contributed by atoms with Gasteiger partial charge in [-0.2, -0.15) is 0 Å². The molecule has 0 spiro atoms. The van der Waals surface area contributed by atoms with E-state index < -0.39 is 16.1 Å². The third-order valence-corrected chi connectivity index (χ3v) is 5.56. The first kappa shape index (κ1) is 17.3. The summed E-state index contributed by atoms with van der Waals surface area (Å²) < 4.78 is 29.3. The maximum atomic E-state index is 12.4. The van der Waals surface area contributed by atoms with E-state index in [0.717, 1.165) is 5.16 Å². The molecule has 1 heterocycles. The highest BCUT2D eigenvalue weighted by atomic mass is 35.5. The molecule has 1 aromatic carbocycles. The monoisotopic (exact) mass is 360 g/mol. The van der Waals surface area contributed by atoms with Gasteiger partial charge in [0.25, 0.3) is 0 Å². The first-order valence-electron chi connectivity index (χ1n) is 6.64. The number of halogens is 1. The van der Waals surface area contributed by atoms with Crippen LogP contribution in [0.15, 0.2) is 34.3 Å². The van der Waals surface area contributed by atoms with Crippen molar-refractivity contribution in [3.63, 3.8) is 0 Å². The molecule has 1 atom stereocenters. The molecule has 2 rings (SSSR count). The van der Waals surface area contributed by atoms with E-state index >= 15 is 0 Å². The van der Waals surface area contributed by atoms with Crippen LogP contribution in [0, 0.1) is 0 Å². The summed E-state index contributed by atoms with van der Waals surface area (Å²) in [6.07, 6.45) is 1.91. The lowest BCUT2D eigenvalue weighted by molar-refractivity contribution is 0.540. The highest BCUT2D eigenvalue weighted by Crippen LogP contribution is 2.21. The second-order valence-electron chi connectivity index (χ2n) is 4.59. The van der Waals surface area contributed by atoms with Crippen LogP contribution in [0.3, 0.4) is 0 Å². The van der Waals surface area contributed by atoms with Gasteiger partial charge in [-0.15, -0.1) is 10.2 Å². The Morgan fingerprint density at radius 1 is 1.32 bits per heavy atom. The van der Waals surface area contributed by atoms with Crippen LogP contribution in [-0.2, 0) is 16.6 Å². The molecule has 0 radical (unpaired) electrons. The fourth-order valence-electron chi connectivity index (χ4n) is 2.04. The number of thioether (sulfide) groups is 1. The van der Waals surface area contributed by atoms with Gasteiger partial charge in [0.1, 0.15) is 0 Å². The van der Waals surface area contributed by atoms with Gasteiger partial charge in [-0.25, -0.2) is 13.1 Å². The Balaban J connectivity index is 2.26. The van der Waals surface area contributed by atoms with Crippen molar-refractivity contribution in [2.45, 2.75) is 36.5 Å². The van der Waals surface area contributed by atoms with Crippen LogP contribution in [-0.4, -0.2) is 29.4 Å². The van der Waals surface area contributed by atoms with Crippen molar-refractivity contribution in [1.82, 2.24) is 19.5 Å². The van der Waals surface area contributed by atoms with Crippen LogP contribution < -0.4 is 4.72 Å². The van der Waals surface area contributed by atoms with Gasteiger partial charge in [0, 0.05) is 11.6 Å². The first-order valence-corrected chi connectivity index (χ1v) is 9.72. The smallest absolute Gasteiger partial charge is 0.241 e.